The van der Waals surface area contributed by atoms with Crippen molar-refractivity contribution in [2.75, 3.05) is 13.1 Å². The third-order valence-electron chi connectivity index (χ3n) is 4.36. The van der Waals surface area contributed by atoms with Crippen LogP contribution in [0.1, 0.15) is 34.7 Å². The van der Waals surface area contributed by atoms with E-state index >= 15 is 0 Å². The molecular formula is C17H22N4O3. The Morgan fingerprint density at radius 3 is 2.75 bits per heavy atom. The average Bonchev–Trinajstić information content (AvgIpc) is 2.99. The van der Waals surface area contributed by atoms with Crippen LogP contribution in [0, 0.1) is 6.92 Å². The smallest absolute Gasteiger partial charge is 0.273 e. The molecule has 0 atom stereocenters. The second-order valence-corrected chi connectivity index (χ2v) is 6.33. The van der Waals surface area contributed by atoms with Gasteiger partial charge in [0.2, 0.25) is 0 Å². The van der Waals surface area contributed by atoms with Crippen LogP contribution in [0.15, 0.2) is 33.7 Å². The molecule has 1 saturated heterocycles. The highest BCUT2D eigenvalue weighted by Crippen LogP contribution is 2.14. The first-order valence-electron chi connectivity index (χ1n) is 8.13. The van der Waals surface area contributed by atoms with Crippen LogP contribution < -0.4 is 10.9 Å². The number of piperidine rings is 1. The highest BCUT2D eigenvalue weighted by Gasteiger charge is 2.22. The summed E-state index contributed by atoms with van der Waals surface area (Å²) in [5.74, 6) is 0.445. The van der Waals surface area contributed by atoms with E-state index in [1.165, 1.54) is 0 Å². The highest BCUT2D eigenvalue weighted by atomic mass is 16.5. The first-order valence-corrected chi connectivity index (χ1v) is 8.13. The molecule has 1 fully saturated rings. The number of carbonyl (C=O) groups excluding carboxylic acids is 1. The van der Waals surface area contributed by atoms with E-state index in [-0.39, 0.29) is 17.5 Å². The zero-order valence-electron chi connectivity index (χ0n) is 14.0. The third-order valence-corrected chi connectivity index (χ3v) is 4.36. The molecule has 0 saturated carbocycles. The van der Waals surface area contributed by atoms with Crippen molar-refractivity contribution in [3.8, 4) is 0 Å². The number of pyridine rings is 1. The third kappa shape index (κ3) is 3.91. The number of aromatic nitrogens is 2. The first kappa shape index (κ1) is 16.4. The lowest BCUT2D eigenvalue weighted by atomic mass is 10.0. The minimum Gasteiger partial charge on any atom is -0.361 e. The van der Waals surface area contributed by atoms with Crippen molar-refractivity contribution in [3.05, 3.63) is 51.8 Å². The molecular weight excluding hydrogens is 308 g/mol. The van der Waals surface area contributed by atoms with Crippen molar-refractivity contribution >= 4 is 5.91 Å². The minimum atomic E-state index is -0.183. The number of nitrogens with zero attached hydrogens (tertiary/aromatic N) is 3. The number of nitrogens with one attached hydrogen (secondary N) is 1. The number of carbonyl (C=O) groups is 1. The number of amides is 1. The number of rotatable bonds is 4. The molecule has 128 valence electrons. The van der Waals surface area contributed by atoms with E-state index in [9.17, 15) is 9.59 Å². The van der Waals surface area contributed by atoms with Gasteiger partial charge in [-0.3, -0.25) is 14.5 Å². The number of aryl methyl sites for hydroxylation is 2. The average molecular weight is 330 g/mol. The van der Waals surface area contributed by atoms with Crippen LogP contribution in [0.25, 0.3) is 0 Å². The van der Waals surface area contributed by atoms with E-state index in [0.717, 1.165) is 38.0 Å². The van der Waals surface area contributed by atoms with Gasteiger partial charge in [-0.05, 0) is 31.4 Å². The second kappa shape index (κ2) is 7.00. The molecule has 1 aliphatic heterocycles. The summed E-state index contributed by atoms with van der Waals surface area (Å²) in [5.41, 5.74) is 1.37. The van der Waals surface area contributed by atoms with Crippen LogP contribution in [0.5, 0.6) is 0 Å². The van der Waals surface area contributed by atoms with Crippen molar-refractivity contribution in [3.63, 3.8) is 0 Å². The Kier molecular flexibility index (Phi) is 4.80. The Labute approximate surface area is 140 Å². The molecule has 3 rings (SSSR count). The Morgan fingerprint density at radius 1 is 1.38 bits per heavy atom. The molecule has 2 aromatic heterocycles. The van der Waals surface area contributed by atoms with Crippen LogP contribution >= 0.6 is 0 Å². The van der Waals surface area contributed by atoms with Gasteiger partial charge in [0.1, 0.15) is 5.76 Å². The fraction of sp³-hybridized carbons (Fsp3) is 0.471. The molecule has 24 heavy (non-hydrogen) atoms. The van der Waals surface area contributed by atoms with E-state index in [4.69, 9.17) is 4.52 Å². The maximum atomic E-state index is 12.1. The van der Waals surface area contributed by atoms with Gasteiger partial charge in [0, 0.05) is 51.1 Å². The lowest BCUT2D eigenvalue weighted by molar-refractivity contribution is 0.0900. The standard InChI is InChI=1S/C17H22N4O3/c1-12-9-15(19-24-12)17(23)18-14-4-7-21(8-5-14)11-13-3-6-20(2)16(22)10-13/h3,6,9-10,14H,4-5,7-8,11H2,1-2H3,(H,18,23). The minimum absolute atomic E-state index is 0.0116. The molecule has 7 heteroatoms. The quantitative estimate of drug-likeness (QED) is 0.907. The molecule has 1 amide bonds. The van der Waals surface area contributed by atoms with Crippen molar-refractivity contribution in [1.82, 2.24) is 19.9 Å². The molecule has 0 bridgehead atoms. The van der Waals surface area contributed by atoms with Gasteiger partial charge in [-0.1, -0.05) is 5.16 Å². The predicted octanol–water partition coefficient (Wildman–Crippen LogP) is 1.08. The fourth-order valence-electron chi connectivity index (χ4n) is 2.91. The molecule has 0 spiro atoms. The molecule has 7 nitrogen and oxygen atoms in total. The molecule has 0 radical (unpaired) electrons. The first-order chi connectivity index (χ1) is 11.5. The Bertz CT molecular complexity index is 772. The normalized spacial score (nSPS) is 16.2. The second-order valence-electron chi connectivity index (χ2n) is 6.33. The van der Waals surface area contributed by atoms with E-state index in [1.807, 2.05) is 6.07 Å². The Hall–Kier alpha value is -2.41. The van der Waals surface area contributed by atoms with Crippen LogP contribution in [-0.2, 0) is 13.6 Å². The molecule has 1 N–H and O–H groups in total. The highest BCUT2D eigenvalue weighted by molar-refractivity contribution is 5.92. The monoisotopic (exact) mass is 330 g/mol. The van der Waals surface area contributed by atoms with Gasteiger partial charge in [0.15, 0.2) is 5.69 Å². The van der Waals surface area contributed by atoms with E-state index in [0.29, 0.717) is 11.5 Å². The lowest BCUT2D eigenvalue weighted by Gasteiger charge is -2.32. The molecule has 2 aromatic rings. The fourth-order valence-corrected chi connectivity index (χ4v) is 2.91. The summed E-state index contributed by atoms with van der Waals surface area (Å²) in [6, 6.07) is 5.44. The van der Waals surface area contributed by atoms with Crippen molar-refractivity contribution in [1.29, 1.82) is 0 Å². The van der Waals surface area contributed by atoms with Crippen molar-refractivity contribution in [2.45, 2.75) is 32.4 Å². The van der Waals surface area contributed by atoms with Gasteiger partial charge < -0.3 is 14.4 Å². The largest absolute Gasteiger partial charge is 0.361 e. The summed E-state index contributed by atoms with van der Waals surface area (Å²) in [5, 5.41) is 6.75. The summed E-state index contributed by atoms with van der Waals surface area (Å²) in [4.78, 5) is 26.1. The van der Waals surface area contributed by atoms with Gasteiger partial charge in [-0.2, -0.15) is 0 Å². The number of hydrogen-bond donors (Lipinski definition) is 1. The Morgan fingerprint density at radius 2 is 2.12 bits per heavy atom. The van der Waals surface area contributed by atoms with Gasteiger partial charge in [-0.15, -0.1) is 0 Å². The number of hydrogen-bond acceptors (Lipinski definition) is 5. The Balaban J connectivity index is 1.49. The van der Waals surface area contributed by atoms with Gasteiger partial charge in [-0.25, -0.2) is 0 Å². The SMILES string of the molecule is Cc1cc(C(=O)NC2CCN(Cc3ccn(C)c(=O)c3)CC2)no1. The maximum Gasteiger partial charge on any atom is 0.273 e. The molecule has 1 aliphatic rings. The van der Waals surface area contributed by atoms with Gasteiger partial charge in [0.25, 0.3) is 11.5 Å². The summed E-state index contributed by atoms with van der Waals surface area (Å²) in [6.07, 6.45) is 3.56. The molecule has 0 aromatic carbocycles. The molecule has 3 heterocycles. The van der Waals surface area contributed by atoms with Crippen LogP contribution in [0.4, 0.5) is 0 Å². The van der Waals surface area contributed by atoms with Gasteiger partial charge in [0.05, 0.1) is 0 Å². The van der Waals surface area contributed by atoms with Crippen molar-refractivity contribution in [2.24, 2.45) is 7.05 Å². The number of likely N-dealkylation sites (tertiary alicyclic amines) is 1. The molecule has 0 unspecified atom stereocenters. The topological polar surface area (TPSA) is 80.4 Å². The maximum absolute atomic E-state index is 12.1. The lowest BCUT2D eigenvalue weighted by Crippen LogP contribution is -2.44. The van der Waals surface area contributed by atoms with Crippen LogP contribution in [-0.4, -0.2) is 39.7 Å². The summed E-state index contributed by atoms with van der Waals surface area (Å²) < 4.78 is 6.50. The van der Waals surface area contributed by atoms with E-state index in [2.05, 4.69) is 15.4 Å². The summed E-state index contributed by atoms with van der Waals surface area (Å²) in [7, 11) is 1.75. The summed E-state index contributed by atoms with van der Waals surface area (Å²) in [6.45, 7) is 4.30. The van der Waals surface area contributed by atoms with Crippen LogP contribution in [0.2, 0.25) is 0 Å². The van der Waals surface area contributed by atoms with Crippen molar-refractivity contribution < 1.29 is 9.32 Å². The van der Waals surface area contributed by atoms with Crippen LogP contribution in [0.3, 0.4) is 0 Å². The molecule has 0 aliphatic carbocycles. The zero-order chi connectivity index (χ0) is 17.1. The predicted molar refractivity (Wildman–Crippen MR) is 88.7 cm³/mol. The van der Waals surface area contributed by atoms with Gasteiger partial charge >= 0.3 is 0 Å². The summed E-state index contributed by atoms with van der Waals surface area (Å²) >= 11 is 0. The van der Waals surface area contributed by atoms with E-state index in [1.54, 1.807) is 36.9 Å². The van der Waals surface area contributed by atoms with E-state index < -0.39 is 0 Å². The zero-order valence-corrected chi connectivity index (χ0v) is 14.0.